The van der Waals surface area contributed by atoms with Gasteiger partial charge in [0.2, 0.25) is 0 Å². The molecule has 0 fully saturated rings. The summed E-state index contributed by atoms with van der Waals surface area (Å²) in [7, 11) is 0. The van der Waals surface area contributed by atoms with Gasteiger partial charge in [0.15, 0.2) is 0 Å². The van der Waals surface area contributed by atoms with E-state index in [0.717, 1.165) is 22.3 Å². The van der Waals surface area contributed by atoms with E-state index < -0.39 is 0 Å². The minimum absolute atomic E-state index is 0.187. The lowest BCUT2D eigenvalue weighted by Gasteiger charge is -2.16. The van der Waals surface area contributed by atoms with Crippen molar-refractivity contribution in [1.29, 1.82) is 0 Å². The van der Waals surface area contributed by atoms with Gasteiger partial charge in [0.05, 0.1) is 0 Å². The van der Waals surface area contributed by atoms with Crippen LogP contribution in [-0.2, 0) is 6.54 Å². The molecule has 100 valence electrons. The van der Waals surface area contributed by atoms with E-state index in [9.17, 15) is 4.39 Å². The molecule has 0 saturated carbocycles. The first-order valence-corrected chi connectivity index (χ1v) is 6.52. The van der Waals surface area contributed by atoms with E-state index in [2.05, 4.69) is 19.9 Å². The highest BCUT2D eigenvalue weighted by molar-refractivity contribution is 5.74. The quantitative estimate of drug-likeness (QED) is 0.858. The van der Waals surface area contributed by atoms with Crippen LogP contribution in [0, 0.1) is 33.5 Å². The van der Waals surface area contributed by atoms with Gasteiger partial charge < -0.3 is 5.73 Å². The number of nitrogens with two attached hydrogens (primary N) is 1. The number of hydrogen-bond acceptors (Lipinski definition) is 1. The van der Waals surface area contributed by atoms with E-state index in [1.807, 2.05) is 19.9 Å². The summed E-state index contributed by atoms with van der Waals surface area (Å²) in [5, 5.41) is 0. The molecule has 2 N–H and O–H groups in total. The normalized spacial score (nSPS) is 10.8. The fraction of sp³-hybridized carbons (Fsp3) is 0.294. The first-order valence-electron chi connectivity index (χ1n) is 6.52. The standard InChI is InChI=1S/C17H20FN/c1-10-7-11(2)13(4)17(12(10)3)15-8-14(9-19)5-6-16(15)18/h5-8H,9,19H2,1-4H3. The van der Waals surface area contributed by atoms with Crippen molar-refractivity contribution < 1.29 is 4.39 Å². The topological polar surface area (TPSA) is 26.0 Å². The van der Waals surface area contributed by atoms with Crippen LogP contribution in [0.3, 0.4) is 0 Å². The molecule has 0 radical (unpaired) electrons. The number of halogens is 1. The smallest absolute Gasteiger partial charge is 0.131 e. The first-order chi connectivity index (χ1) is 8.95. The lowest BCUT2D eigenvalue weighted by molar-refractivity contribution is 0.630. The summed E-state index contributed by atoms with van der Waals surface area (Å²) in [4.78, 5) is 0. The molecule has 19 heavy (non-hydrogen) atoms. The molecule has 0 bridgehead atoms. The third-order valence-electron chi connectivity index (χ3n) is 3.90. The molecule has 0 aliphatic rings. The number of rotatable bonds is 2. The Labute approximate surface area is 114 Å². The van der Waals surface area contributed by atoms with E-state index >= 15 is 0 Å². The maximum absolute atomic E-state index is 14.2. The molecular formula is C17H20FN. The van der Waals surface area contributed by atoms with Gasteiger partial charge in [0.25, 0.3) is 0 Å². The lowest BCUT2D eigenvalue weighted by atomic mass is 9.89. The molecule has 0 aliphatic heterocycles. The average molecular weight is 257 g/mol. The van der Waals surface area contributed by atoms with Crippen LogP contribution < -0.4 is 5.73 Å². The third kappa shape index (κ3) is 2.41. The Morgan fingerprint density at radius 2 is 1.53 bits per heavy atom. The van der Waals surface area contributed by atoms with Crippen LogP contribution in [0.15, 0.2) is 24.3 Å². The molecule has 2 aromatic rings. The highest BCUT2D eigenvalue weighted by atomic mass is 19.1. The second-order valence-corrected chi connectivity index (χ2v) is 5.15. The molecule has 0 spiro atoms. The Balaban J connectivity index is 2.78. The predicted molar refractivity (Wildman–Crippen MR) is 78.7 cm³/mol. The number of hydrogen-bond donors (Lipinski definition) is 1. The highest BCUT2D eigenvalue weighted by Crippen LogP contribution is 2.33. The summed E-state index contributed by atoms with van der Waals surface area (Å²) in [6.07, 6.45) is 0. The molecule has 2 aromatic carbocycles. The second kappa shape index (κ2) is 5.14. The Morgan fingerprint density at radius 3 is 2.05 bits per heavy atom. The van der Waals surface area contributed by atoms with Crippen LogP contribution in [-0.4, -0.2) is 0 Å². The molecule has 0 atom stereocenters. The largest absolute Gasteiger partial charge is 0.326 e. The minimum Gasteiger partial charge on any atom is -0.326 e. The first kappa shape index (κ1) is 13.8. The predicted octanol–water partition coefficient (Wildman–Crippen LogP) is 4.19. The summed E-state index contributed by atoms with van der Waals surface area (Å²) in [6, 6.07) is 7.27. The van der Waals surface area contributed by atoms with Crippen LogP contribution in [0.25, 0.3) is 11.1 Å². The van der Waals surface area contributed by atoms with Gasteiger partial charge in [-0.2, -0.15) is 0 Å². The van der Waals surface area contributed by atoms with Crippen molar-refractivity contribution in [2.75, 3.05) is 0 Å². The summed E-state index contributed by atoms with van der Waals surface area (Å²) in [6.45, 7) is 8.65. The molecule has 0 aromatic heterocycles. The second-order valence-electron chi connectivity index (χ2n) is 5.15. The van der Waals surface area contributed by atoms with Crippen LogP contribution >= 0.6 is 0 Å². The van der Waals surface area contributed by atoms with Crippen molar-refractivity contribution in [2.24, 2.45) is 5.73 Å². The van der Waals surface area contributed by atoms with Gasteiger partial charge in [-0.15, -0.1) is 0 Å². The SMILES string of the molecule is Cc1cc(C)c(C)c(-c2cc(CN)ccc2F)c1C. The molecule has 0 aliphatic carbocycles. The van der Waals surface area contributed by atoms with E-state index in [1.165, 1.54) is 17.2 Å². The molecule has 0 saturated heterocycles. The van der Waals surface area contributed by atoms with Crippen molar-refractivity contribution in [1.82, 2.24) is 0 Å². The summed E-state index contributed by atoms with van der Waals surface area (Å²) in [5.41, 5.74) is 12.9. The number of aryl methyl sites for hydroxylation is 2. The minimum atomic E-state index is -0.187. The zero-order chi connectivity index (χ0) is 14.2. The van der Waals surface area contributed by atoms with Crippen LogP contribution in [0.5, 0.6) is 0 Å². The highest BCUT2D eigenvalue weighted by Gasteiger charge is 2.14. The molecule has 1 nitrogen and oxygen atoms in total. The van der Waals surface area contributed by atoms with Gasteiger partial charge >= 0.3 is 0 Å². The van der Waals surface area contributed by atoms with E-state index in [4.69, 9.17) is 5.73 Å². The van der Waals surface area contributed by atoms with Crippen LogP contribution in [0.4, 0.5) is 4.39 Å². The maximum atomic E-state index is 14.2. The summed E-state index contributed by atoms with van der Waals surface area (Å²) in [5.74, 6) is -0.187. The molecule has 0 heterocycles. The summed E-state index contributed by atoms with van der Waals surface area (Å²) >= 11 is 0. The Hall–Kier alpha value is -1.67. The van der Waals surface area contributed by atoms with Gasteiger partial charge in [-0.05, 0) is 73.2 Å². The van der Waals surface area contributed by atoms with E-state index in [1.54, 1.807) is 6.07 Å². The van der Waals surface area contributed by atoms with Gasteiger partial charge in [0.1, 0.15) is 5.82 Å². The van der Waals surface area contributed by atoms with Crippen LogP contribution in [0.1, 0.15) is 27.8 Å². The van der Waals surface area contributed by atoms with Crippen molar-refractivity contribution in [3.63, 3.8) is 0 Å². The molecule has 2 rings (SSSR count). The monoisotopic (exact) mass is 257 g/mol. The van der Waals surface area contributed by atoms with Gasteiger partial charge in [-0.3, -0.25) is 0 Å². The van der Waals surface area contributed by atoms with Gasteiger partial charge in [-0.1, -0.05) is 12.1 Å². The van der Waals surface area contributed by atoms with Crippen molar-refractivity contribution in [3.05, 3.63) is 57.9 Å². The van der Waals surface area contributed by atoms with E-state index in [-0.39, 0.29) is 5.82 Å². The molecule has 2 heteroatoms. The zero-order valence-electron chi connectivity index (χ0n) is 12.0. The number of benzene rings is 2. The molecular weight excluding hydrogens is 237 g/mol. The van der Waals surface area contributed by atoms with Gasteiger partial charge in [0, 0.05) is 12.1 Å². The molecule has 0 amide bonds. The average Bonchev–Trinajstić information content (AvgIpc) is 2.39. The fourth-order valence-corrected chi connectivity index (χ4v) is 2.51. The van der Waals surface area contributed by atoms with Crippen molar-refractivity contribution in [2.45, 2.75) is 34.2 Å². The maximum Gasteiger partial charge on any atom is 0.131 e. The Bertz CT molecular complexity index is 603. The van der Waals surface area contributed by atoms with Gasteiger partial charge in [-0.25, -0.2) is 4.39 Å². The van der Waals surface area contributed by atoms with E-state index in [0.29, 0.717) is 12.1 Å². The zero-order valence-corrected chi connectivity index (χ0v) is 12.0. The lowest BCUT2D eigenvalue weighted by Crippen LogP contribution is -2.00. The Morgan fingerprint density at radius 1 is 0.947 bits per heavy atom. The third-order valence-corrected chi connectivity index (χ3v) is 3.90. The molecule has 0 unspecified atom stereocenters. The summed E-state index contributed by atoms with van der Waals surface area (Å²) < 4.78 is 14.2. The van der Waals surface area contributed by atoms with Crippen molar-refractivity contribution in [3.8, 4) is 11.1 Å². The van der Waals surface area contributed by atoms with Crippen LogP contribution in [0.2, 0.25) is 0 Å². The van der Waals surface area contributed by atoms with Crippen molar-refractivity contribution >= 4 is 0 Å². The fourth-order valence-electron chi connectivity index (χ4n) is 2.51. The Kier molecular flexibility index (Phi) is 3.72.